The van der Waals surface area contributed by atoms with E-state index in [1.807, 2.05) is 19.2 Å². The molecule has 29 heavy (non-hydrogen) atoms. The normalized spacial score (nSPS) is 10.3. The minimum atomic E-state index is -0.422. The number of ether oxygens (including phenoxy) is 1. The molecule has 0 aliphatic rings. The fourth-order valence-corrected chi connectivity index (χ4v) is 2.75. The molecule has 1 N–H and O–H groups in total. The SMILES string of the molecule is COC(=O)c1ccc(NC(=O)c2cncc(N(C)CCc3ccncc3)c2)cc1. The molecule has 0 atom stereocenters. The first-order chi connectivity index (χ1) is 14.1. The monoisotopic (exact) mass is 390 g/mol. The Balaban J connectivity index is 1.63. The van der Waals surface area contributed by atoms with Gasteiger partial charge in [0.1, 0.15) is 0 Å². The van der Waals surface area contributed by atoms with E-state index in [9.17, 15) is 9.59 Å². The number of hydrogen-bond acceptors (Lipinski definition) is 6. The average Bonchev–Trinajstić information content (AvgIpc) is 2.78. The summed E-state index contributed by atoms with van der Waals surface area (Å²) in [7, 11) is 3.29. The number of pyridine rings is 2. The van der Waals surface area contributed by atoms with Gasteiger partial charge in [0.25, 0.3) is 5.91 Å². The molecular weight excluding hydrogens is 368 g/mol. The molecule has 2 aromatic heterocycles. The fraction of sp³-hybridized carbons (Fsp3) is 0.182. The van der Waals surface area contributed by atoms with Crippen molar-refractivity contribution in [2.24, 2.45) is 0 Å². The van der Waals surface area contributed by atoms with Crippen molar-refractivity contribution < 1.29 is 14.3 Å². The first-order valence-corrected chi connectivity index (χ1v) is 9.11. The number of carbonyl (C=O) groups excluding carboxylic acids is 2. The first kappa shape index (κ1) is 20.0. The van der Waals surface area contributed by atoms with Crippen LogP contribution in [-0.4, -0.2) is 42.5 Å². The van der Waals surface area contributed by atoms with E-state index in [4.69, 9.17) is 0 Å². The summed E-state index contributed by atoms with van der Waals surface area (Å²) in [4.78, 5) is 34.3. The van der Waals surface area contributed by atoms with Crippen molar-refractivity contribution in [3.63, 3.8) is 0 Å². The number of aromatic nitrogens is 2. The second-order valence-electron chi connectivity index (χ2n) is 6.48. The molecule has 0 saturated carbocycles. The molecule has 3 rings (SSSR count). The Morgan fingerprint density at radius 1 is 1.00 bits per heavy atom. The van der Waals surface area contributed by atoms with Crippen LogP contribution in [-0.2, 0) is 11.2 Å². The number of rotatable bonds is 7. The van der Waals surface area contributed by atoms with Crippen LogP contribution in [0.15, 0.2) is 67.3 Å². The number of carbonyl (C=O) groups is 2. The Bertz CT molecular complexity index is 975. The summed E-state index contributed by atoms with van der Waals surface area (Å²) in [5.74, 6) is -0.692. The number of nitrogens with zero attached hydrogens (tertiary/aromatic N) is 3. The van der Waals surface area contributed by atoms with E-state index < -0.39 is 5.97 Å². The zero-order valence-electron chi connectivity index (χ0n) is 16.3. The lowest BCUT2D eigenvalue weighted by molar-refractivity contribution is 0.0600. The molecule has 0 saturated heterocycles. The first-order valence-electron chi connectivity index (χ1n) is 9.11. The molecule has 0 bridgehead atoms. The molecule has 0 aliphatic heterocycles. The topological polar surface area (TPSA) is 84.4 Å². The van der Waals surface area contributed by atoms with Crippen LogP contribution in [0.2, 0.25) is 0 Å². The van der Waals surface area contributed by atoms with Crippen LogP contribution < -0.4 is 10.2 Å². The third kappa shape index (κ3) is 5.38. The van der Waals surface area contributed by atoms with Gasteiger partial charge in [-0.25, -0.2) is 4.79 Å². The highest BCUT2D eigenvalue weighted by Crippen LogP contribution is 2.16. The zero-order chi connectivity index (χ0) is 20.6. The Hall–Kier alpha value is -3.74. The minimum Gasteiger partial charge on any atom is -0.465 e. The van der Waals surface area contributed by atoms with E-state index in [1.165, 1.54) is 18.9 Å². The average molecular weight is 390 g/mol. The second-order valence-corrected chi connectivity index (χ2v) is 6.48. The molecule has 0 spiro atoms. The maximum Gasteiger partial charge on any atom is 0.337 e. The summed E-state index contributed by atoms with van der Waals surface area (Å²) < 4.78 is 4.67. The minimum absolute atomic E-state index is 0.271. The van der Waals surface area contributed by atoms with Crippen LogP contribution in [0, 0.1) is 0 Å². The van der Waals surface area contributed by atoms with Gasteiger partial charge in [0, 0.05) is 37.9 Å². The molecule has 0 unspecified atom stereocenters. The van der Waals surface area contributed by atoms with Crippen LogP contribution in [0.4, 0.5) is 11.4 Å². The summed E-state index contributed by atoms with van der Waals surface area (Å²) in [6, 6.07) is 12.3. The molecule has 1 amide bonds. The number of hydrogen-bond donors (Lipinski definition) is 1. The van der Waals surface area contributed by atoms with Gasteiger partial charge in [0.2, 0.25) is 0 Å². The summed E-state index contributed by atoms with van der Waals surface area (Å²) in [5.41, 5.74) is 3.51. The Kier molecular flexibility index (Phi) is 6.52. The van der Waals surface area contributed by atoms with E-state index in [0.717, 1.165) is 18.7 Å². The number of nitrogens with one attached hydrogen (secondary N) is 1. The van der Waals surface area contributed by atoms with Gasteiger partial charge in [-0.15, -0.1) is 0 Å². The number of likely N-dealkylation sites (N-methyl/N-ethyl adjacent to an activating group) is 1. The van der Waals surface area contributed by atoms with Crippen molar-refractivity contribution in [1.29, 1.82) is 0 Å². The molecule has 0 fully saturated rings. The third-order valence-corrected chi connectivity index (χ3v) is 4.48. The van der Waals surface area contributed by atoms with Crippen LogP contribution >= 0.6 is 0 Å². The van der Waals surface area contributed by atoms with Crippen LogP contribution in [0.5, 0.6) is 0 Å². The van der Waals surface area contributed by atoms with E-state index in [1.54, 1.807) is 48.9 Å². The standard InChI is InChI=1S/C22H22N4O3/c1-26(12-9-16-7-10-23-11-8-16)20-13-18(14-24-15-20)21(27)25-19-5-3-17(4-6-19)22(28)29-2/h3-8,10-11,13-15H,9,12H2,1-2H3,(H,25,27). The van der Waals surface area contributed by atoms with Crippen molar-refractivity contribution in [3.05, 3.63) is 83.9 Å². The number of methoxy groups -OCH3 is 1. The Morgan fingerprint density at radius 3 is 2.41 bits per heavy atom. The smallest absolute Gasteiger partial charge is 0.337 e. The van der Waals surface area contributed by atoms with Gasteiger partial charge in [0.05, 0.1) is 30.1 Å². The number of anilines is 2. The van der Waals surface area contributed by atoms with Crippen molar-refractivity contribution in [2.45, 2.75) is 6.42 Å². The Morgan fingerprint density at radius 2 is 1.72 bits per heavy atom. The Labute approximate surface area is 169 Å². The van der Waals surface area contributed by atoms with Gasteiger partial charge < -0.3 is 15.0 Å². The maximum absolute atomic E-state index is 12.6. The number of benzene rings is 1. The summed E-state index contributed by atoms with van der Waals surface area (Å²) in [6.45, 7) is 0.783. The van der Waals surface area contributed by atoms with E-state index in [-0.39, 0.29) is 5.91 Å². The molecular formula is C22H22N4O3. The van der Waals surface area contributed by atoms with Gasteiger partial charge in [0.15, 0.2) is 0 Å². The molecule has 3 aromatic rings. The van der Waals surface area contributed by atoms with Crippen LogP contribution in [0.3, 0.4) is 0 Å². The van der Waals surface area contributed by atoms with E-state index >= 15 is 0 Å². The van der Waals surface area contributed by atoms with Gasteiger partial charge in [-0.3, -0.25) is 14.8 Å². The maximum atomic E-state index is 12.6. The number of esters is 1. The lowest BCUT2D eigenvalue weighted by Gasteiger charge is -2.19. The molecule has 148 valence electrons. The van der Waals surface area contributed by atoms with Crippen molar-refractivity contribution in [3.8, 4) is 0 Å². The molecule has 7 heteroatoms. The number of amides is 1. The van der Waals surface area contributed by atoms with Crippen LogP contribution in [0.1, 0.15) is 26.3 Å². The fourth-order valence-electron chi connectivity index (χ4n) is 2.75. The van der Waals surface area contributed by atoms with Crippen molar-refractivity contribution >= 4 is 23.3 Å². The summed E-state index contributed by atoms with van der Waals surface area (Å²) in [5, 5.41) is 2.81. The largest absolute Gasteiger partial charge is 0.465 e. The zero-order valence-corrected chi connectivity index (χ0v) is 16.3. The van der Waals surface area contributed by atoms with Gasteiger partial charge in [-0.2, -0.15) is 0 Å². The van der Waals surface area contributed by atoms with E-state index in [2.05, 4.69) is 24.9 Å². The van der Waals surface area contributed by atoms with E-state index in [0.29, 0.717) is 16.8 Å². The highest BCUT2D eigenvalue weighted by molar-refractivity contribution is 6.04. The second kappa shape index (κ2) is 9.45. The highest BCUT2D eigenvalue weighted by atomic mass is 16.5. The predicted octanol–water partition coefficient (Wildman–Crippen LogP) is 3.19. The van der Waals surface area contributed by atoms with Crippen LogP contribution in [0.25, 0.3) is 0 Å². The highest BCUT2D eigenvalue weighted by Gasteiger charge is 2.11. The lowest BCUT2D eigenvalue weighted by atomic mass is 10.1. The van der Waals surface area contributed by atoms with Gasteiger partial charge >= 0.3 is 5.97 Å². The lowest BCUT2D eigenvalue weighted by Crippen LogP contribution is -2.21. The molecule has 1 aromatic carbocycles. The van der Waals surface area contributed by atoms with Crippen molar-refractivity contribution in [1.82, 2.24) is 9.97 Å². The molecule has 7 nitrogen and oxygen atoms in total. The van der Waals surface area contributed by atoms with Gasteiger partial charge in [-0.05, 0) is 54.4 Å². The van der Waals surface area contributed by atoms with Crippen molar-refractivity contribution in [2.75, 3.05) is 30.9 Å². The predicted molar refractivity (Wildman–Crippen MR) is 111 cm³/mol. The summed E-state index contributed by atoms with van der Waals surface area (Å²) >= 11 is 0. The van der Waals surface area contributed by atoms with Gasteiger partial charge in [-0.1, -0.05) is 0 Å². The third-order valence-electron chi connectivity index (χ3n) is 4.48. The molecule has 0 radical (unpaired) electrons. The molecule has 2 heterocycles. The summed E-state index contributed by atoms with van der Waals surface area (Å²) in [6.07, 6.45) is 7.67. The quantitative estimate of drug-likeness (QED) is 0.624. The molecule has 0 aliphatic carbocycles.